The van der Waals surface area contributed by atoms with Crippen molar-refractivity contribution in [3.63, 3.8) is 0 Å². The second-order valence-corrected chi connectivity index (χ2v) is 4.48. The number of fused-ring (bicyclic) bond motifs is 2. The van der Waals surface area contributed by atoms with Crippen LogP contribution in [0.2, 0.25) is 0 Å². The molecule has 0 radical (unpaired) electrons. The Labute approximate surface area is 86.3 Å². The molecule has 1 saturated carbocycles. The Morgan fingerprint density at radius 1 is 1.57 bits per heavy atom. The molecule has 2 bridgehead atoms. The van der Waals surface area contributed by atoms with E-state index in [0.717, 1.165) is 18.9 Å². The lowest BCUT2D eigenvalue weighted by Gasteiger charge is -2.28. The highest BCUT2D eigenvalue weighted by atomic mass is 16.7. The Balaban J connectivity index is 1.82. The molecule has 2 aliphatic carbocycles. The maximum absolute atomic E-state index is 5.98. The summed E-state index contributed by atoms with van der Waals surface area (Å²) >= 11 is 0. The minimum Gasteiger partial charge on any atom is -0.353 e. The first-order valence-electron chi connectivity index (χ1n) is 5.73. The van der Waals surface area contributed by atoms with Gasteiger partial charge in [-0.2, -0.15) is 0 Å². The molecule has 0 heterocycles. The van der Waals surface area contributed by atoms with Crippen molar-refractivity contribution in [1.29, 1.82) is 0 Å². The van der Waals surface area contributed by atoms with Crippen LogP contribution in [0.3, 0.4) is 0 Å². The van der Waals surface area contributed by atoms with Crippen molar-refractivity contribution in [1.82, 2.24) is 0 Å². The highest BCUT2D eigenvalue weighted by Crippen LogP contribution is 2.45. The van der Waals surface area contributed by atoms with E-state index >= 15 is 0 Å². The van der Waals surface area contributed by atoms with Gasteiger partial charge in [0.1, 0.15) is 0 Å². The first-order chi connectivity index (χ1) is 6.74. The average Bonchev–Trinajstić information content (AvgIpc) is 2.74. The summed E-state index contributed by atoms with van der Waals surface area (Å²) in [4.78, 5) is 0. The summed E-state index contributed by atoms with van der Waals surface area (Å²) in [6.07, 6.45) is 9.18. The zero-order valence-electron chi connectivity index (χ0n) is 9.16. The third kappa shape index (κ3) is 2.01. The number of ether oxygens (including phenoxy) is 2. The number of rotatable bonds is 5. The zero-order chi connectivity index (χ0) is 10.0. The minimum atomic E-state index is -0.0588. The van der Waals surface area contributed by atoms with Crippen LogP contribution < -0.4 is 0 Å². The normalized spacial score (nSPS) is 36.6. The number of allylic oxidation sites excluding steroid dienone is 1. The summed E-state index contributed by atoms with van der Waals surface area (Å²) in [5, 5.41) is 0. The summed E-state index contributed by atoms with van der Waals surface area (Å²) in [5.74, 6) is 0.772. The number of hydrogen-bond acceptors (Lipinski definition) is 2. The minimum absolute atomic E-state index is 0.0256. The molecule has 2 nitrogen and oxygen atoms in total. The van der Waals surface area contributed by atoms with E-state index in [1.165, 1.54) is 19.3 Å². The summed E-state index contributed by atoms with van der Waals surface area (Å²) in [6, 6.07) is 0. The second-order valence-electron chi connectivity index (χ2n) is 4.48. The van der Waals surface area contributed by atoms with E-state index in [1.54, 1.807) is 0 Å². The van der Waals surface area contributed by atoms with E-state index in [4.69, 9.17) is 9.47 Å². The topological polar surface area (TPSA) is 18.5 Å². The maximum atomic E-state index is 5.98. The van der Waals surface area contributed by atoms with Crippen LogP contribution in [-0.2, 0) is 9.47 Å². The van der Waals surface area contributed by atoms with Crippen molar-refractivity contribution in [2.75, 3.05) is 6.61 Å². The van der Waals surface area contributed by atoms with Gasteiger partial charge in [-0.05, 0) is 38.5 Å². The fourth-order valence-corrected chi connectivity index (χ4v) is 2.50. The molecule has 2 heteroatoms. The fraction of sp³-hybridized carbons (Fsp3) is 0.833. The molecule has 0 aromatic heterocycles. The first kappa shape index (κ1) is 10.2. The van der Waals surface area contributed by atoms with Crippen molar-refractivity contribution in [3.05, 3.63) is 12.2 Å². The Hall–Kier alpha value is -0.340. The quantitative estimate of drug-likeness (QED) is 0.497. The summed E-state index contributed by atoms with van der Waals surface area (Å²) in [7, 11) is 0. The SMILES string of the molecule is CCCOC(C)OC12C=CC(CC1)C2. The second kappa shape index (κ2) is 4.03. The van der Waals surface area contributed by atoms with E-state index in [-0.39, 0.29) is 11.9 Å². The molecule has 2 rings (SSSR count). The zero-order valence-corrected chi connectivity index (χ0v) is 9.16. The van der Waals surface area contributed by atoms with Crippen molar-refractivity contribution in [3.8, 4) is 0 Å². The Morgan fingerprint density at radius 2 is 2.43 bits per heavy atom. The lowest BCUT2D eigenvalue weighted by atomic mass is 10.0. The molecule has 0 aromatic carbocycles. The Morgan fingerprint density at radius 3 is 2.93 bits per heavy atom. The van der Waals surface area contributed by atoms with Crippen LogP contribution in [0.4, 0.5) is 0 Å². The van der Waals surface area contributed by atoms with E-state index < -0.39 is 0 Å². The molecule has 1 fully saturated rings. The van der Waals surface area contributed by atoms with Gasteiger partial charge in [0.25, 0.3) is 0 Å². The summed E-state index contributed by atoms with van der Waals surface area (Å²) < 4.78 is 11.5. The fourth-order valence-electron chi connectivity index (χ4n) is 2.50. The summed E-state index contributed by atoms with van der Waals surface area (Å²) in [5.41, 5.74) is 0.0256. The monoisotopic (exact) mass is 196 g/mol. The van der Waals surface area contributed by atoms with Gasteiger partial charge in [-0.3, -0.25) is 0 Å². The van der Waals surface area contributed by atoms with Crippen LogP contribution in [0.15, 0.2) is 12.2 Å². The predicted octanol–water partition coefficient (Wildman–Crippen LogP) is 2.88. The van der Waals surface area contributed by atoms with Crippen molar-refractivity contribution in [2.24, 2.45) is 5.92 Å². The summed E-state index contributed by atoms with van der Waals surface area (Å²) in [6.45, 7) is 4.92. The highest BCUT2D eigenvalue weighted by molar-refractivity contribution is 5.18. The van der Waals surface area contributed by atoms with Gasteiger partial charge in [0.2, 0.25) is 0 Å². The molecule has 14 heavy (non-hydrogen) atoms. The van der Waals surface area contributed by atoms with Gasteiger partial charge in [0, 0.05) is 6.61 Å². The molecule has 0 saturated heterocycles. The molecule has 80 valence electrons. The van der Waals surface area contributed by atoms with Crippen LogP contribution >= 0.6 is 0 Å². The third-order valence-corrected chi connectivity index (χ3v) is 3.18. The predicted molar refractivity (Wildman–Crippen MR) is 56.0 cm³/mol. The molecule has 0 amide bonds. The Kier molecular flexibility index (Phi) is 2.93. The van der Waals surface area contributed by atoms with Gasteiger partial charge in [-0.1, -0.05) is 19.1 Å². The van der Waals surface area contributed by atoms with E-state index in [0.29, 0.717) is 0 Å². The third-order valence-electron chi connectivity index (χ3n) is 3.18. The van der Waals surface area contributed by atoms with Crippen LogP contribution in [-0.4, -0.2) is 18.5 Å². The smallest absolute Gasteiger partial charge is 0.155 e. The van der Waals surface area contributed by atoms with Crippen molar-refractivity contribution >= 4 is 0 Å². The van der Waals surface area contributed by atoms with Gasteiger partial charge in [-0.25, -0.2) is 0 Å². The van der Waals surface area contributed by atoms with Gasteiger partial charge in [0.05, 0.1) is 5.60 Å². The molecule has 3 atom stereocenters. The van der Waals surface area contributed by atoms with E-state index in [1.807, 2.05) is 6.92 Å². The van der Waals surface area contributed by atoms with E-state index in [9.17, 15) is 0 Å². The lowest BCUT2D eigenvalue weighted by molar-refractivity contribution is -0.183. The van der Waals surface area contributed by atoms with Gasteiger partial charge < -0.3 is 9.47 Å². The molecule has 2 aliphatic rings. The molecule has 0 N–H and O–H groups in total. The molecule has 0 spiro atoms. The lowest BCUT2D eigenvalue weighted by Crippen LogP contribution is -2.31. The van der Waals surface area contributed by atoms with Gasteiger partial charge >= 0.3 is 0 Å². The maximum Gasteiger partial charge on any atom is 0.155 e. The molecular weight excluding hydrogens is 176 g/mol. The van der Waals surface area contributed by atoms with Crippen LogP contribution in [0.1, 0.15) is 39.5 Å². The molecule has 0 aromatic rings. The van der Waals surface area contributed by atoms with Gasteiger partial charge in [-0.15, -0.1) is 0 Å². The standard InChI is InChI=1S/C12H20O2/c1-3-8-13-10(2)14-12-6-4-11(9-12)5-7-12/h4,6,10-11H,3,5,7-9H2,1-2H3. The Bertz CT molecular complexity index is 224. The molecular formula is C12H20O2. The van der Waals surface area contributed by atoms with Crippen molar-refractivity contribution < 1.29 is 9.47 Å². The van der Waals surface area contributed by atoms with Crippen LogP contribution in [0.25, 0.3) is 0 Å². The van der Waals surface area contributed by atoms with Gasteiger partial charge in [0.15, 0.2) is 6.29 Å². The number of hydrogen-bond donors (Lipinski definition) is 0. The van der Waals surface area contributed by atoms with Crippen LogP contribution in [0, 0.1) is 5.92 Å². The molecule has 3 unspecified atom stereocenters. The van der Waals surface area contributed by atoms with Crippen molar-refractivity contribution in [2.45, 2.75) is 51.4 Å². The molecule has 0 aliphatic heterocycles. The average molecular weight is 196 g/mol. The first-order valence-corrected chi connectivity index (χ1v) is 5.73. The van der Waals surface area contributed by atoms with E-state index in [2.05, 4.69) is 19.1 Å². The largest absolute Gasteiger partial charge is 0.353 e. The van der Waals surface area contributed by atoms with Crippen LogP contribution in [0.5, 0.6) is 0 Å². The highest BCUT2D eigenvalue weighted by Gasteiger charge is 2.42.